The highest BCUT2D eigenvalue weighted by Gasteiger charge is 2.56. The number of nitrogens with two attached hydrogens (primary N) is 2. The Morgan fingerprint density at radius 1 is 0.582 bits per heavy atom. The summed E-state index contributed by atoms with van der Waals surface area (Å²) in [6.45, 7) is 0.885. The molecule has 336 valence electrons. The third-order valence-corrected chi connectivity index (χ3v) is 16.9. The van der Waals surface area contributed by atoms with Crippen molar-refractivity contribution in [1.82, 2.24) is 10.3 Å². The molecule has 1 heterocycles. The zero-order valence-corrected chi connectivity index (χ0v) is 37.1. The Bertz CT molecular complexity index is 3160. The number of fused-ring (bicyclic) bond motifs is 32. The van der Waals surface area contributed by atoms with Gasteiger partial charge in [0.25, 0.3) is 11.8 Å². The van der Waals surface area contributed by atoms with Gasteiger partial charge in [-0.05, 0) is 105 Å². The highest BCUT2D eigenvalue weighted by molar-refractivity contribution is 7.46. The number of nitrogens with zero attached hydrogens (tertiary/aromatic N) is 1. The minimum Gasteiger partial charge on any atom is -0.491 e. The molecular weight excluding hydrogens is 866 g/mol. The highest BCUT2D eigenvalue weighted by Crippen LogP contribution is 2.72. The van der Waals surface area contributed by atoms with E-state index in [1.54, 1.807) is 0 Å². The van der Waals surface area contributed by atoms with Crippen LogP contribution < -0.4 is 26.0 Å². The number of hydrogen-bond donors (Lipinski definition) is 6. The van der Waals surface area contributed by atoms with Gasteiger partial charge in [-0.1, -0.05) is 72.8 Å². The minimum absolute atomic E-state index is 0.0284. The summed E-state index contributed by atoms with van der Waals surface area (Å²) < 4.78 is 32.2. The van der Waals surface area contributed by atoms with Crippen LogP contribution in [0, 0.1) is 0 Å². The van der Waals surface area contributed by atoms with Gasteiger partial charge in [-0.2, -0.15) is 4.99 Å². The first kappa shape index (κ1) is 39.6. The first-order valence-corrected chi connectivity index (χ1v) is 24.9. The van der Waals surface area contributed by atoms with E-state index < -0.39 is 19.6 Å². The van der Waals surface area contributed by atoms with Gasteiger partial charge in [0.1, 0.15) is 29.5 Å². The van der Waals surface area contributed by atoms with Crippen LogP contribution in [0.25, 0.3) is 0 Å². The monoisotopic (exact) mass is 911 g/mol. The molecule has 14 rings (SSSR count). The SMILES string of the molecule is NC(N)=NC(=O)c1ccc(C(=O)NCCOCCOc2c3c(c(OP(=O)(O)O)c4c2[C@H]2C[C@@H]4c4cc5c(cc42)[C@H]2C[C@@H]5c4ccccc42)[C@H]2C[C@@H]3c3cc4c(cc32)[C@H]2C[C@@H]4c3ccccc32)[nH]1. The number of phosphoric acid groups is 1. The summed E-state index contributed by atoms with van der Waals surface area (Å²) in [5, 5.41) is 2.80. The molecule has 13 nitrogen and oxygen atoms in total. The van der Waals surface area contributed by atoms with Gasteiger partial charge in [-0.15, -0.1) is 0 Å². The fourth-order valence-electron chi connectivity index (χ4n) is 14.3. The van der Waals surface area contributed by atoms with E-state index in [1.807, 2.05) is 0 Å². The number of hydrogen-bond acceptors (Lipinski definition) is 6. The highest BCUT2D eigenvalue weighted by atomic mass is 31.2. The summed E-state index contributed by atoms with van der Waals surface area (Å²) in [5.41, 5.74) is 30.9. The maximum absolute atomic E-state index is 13.2. The van der Waals surface area contributed by atoms with Crippen LogP contribution in [0.15, 0.2) is 89.9 Å². The van der Waals surface area contributed by atoms with Crippen LogP contribution in [0.2, 0.25) is 0 Å². The Balaban J connectivity index is 0.807. The third-order valence-electron chi connectivity index (χ3n) is 16.5. The number of aromatic nitrogens is 1. The first-order chi connectivity index (χ1) is 32.5. The van der Waals surface area contributed by atoms with E-state index in [9.17, 15) is 23.9 Å². The molecule has 0 saturated carbocycles. The Morgan fingerprint density at radius 2 is 1.00 bits per heavy atom. The number of benzene rings is 5. The van der Waals surface area contributed by atoms with Gasteiger partial charge in [0.05, 0.1) is 13.2 Å². The molecule has 8 aliphatic carbocycles. The maximum Gasteiger partial charge on any atom is 0.524 e. The van der Waals surface area contributed by atoms with Gasteiger partial charge < -0.3 is 35.8 Å². The smallest absolute Gasteiger partial charge is 0.491 e. The number of rotatable bonds is 11. The Hall–Kier alpha value is -6.50. The average molecular weight is 912 g/mol. The van der Waals surface area contributed by atoms with Crippen LogP contribution in [-0.2, 0) is 9.30 Å². The normalized spacial score (nSPS) is 24.6. The molecule has 6 aromatic rings. The van der Waals surface area contributed by atoms with E-state index in [1.165, 1.54) is 78.9 Å². The summed E-state index contributed by atoms with van der Waals surface area (Å²) in [7, 11) is -4.99. The zero-order valence-electron chi connectivity index (χ0n) is 36.3. The van der Waals surface area contributed by atoms with E-state index in [2.05, 4.69) is 88.1 Å². The van der Waals surface area contributed by atoms with E-state index in [-0.39, 0.29) is 67.4 Å². The lowest BCUT2D eigenvalue weighted by Crippen LogP contribution is -2.28. The molecule has 0 radical (unpaired) electrons. The molecule has 0 unspecified atom stereocenters. The van der Waals surface area contributed by atoms with Gasteiger partial charge >= 0.3 is 7.82 Å². The third kappa shape index (κ3) is 5.60. The molecule has 8 aliphatic rings. The van der Waals surface area contributed by atoms with Crippen LogP contribution in [0.4, 0.5) is 0 Å². The van der Waals surface area contributed by atoms with Gasteiger partial charge in [-0.3, -0.25) is 19.4 Å². The van der Waals surface area contributed by atoms with Crippen molar-refractivity contribution in [2.45, 2.75) is 73.0 Å². The summed E-state index contributed by atoms with van der Waals surface area (Å²) in [5.74, 6) is 0.852. The molecule has 14 heteroatoms. The Kier molecular flexibility index (Phi) is 8.30. The average Bonchev–Trinajstić information content (AvgIpc) is 4.19. The van der Waals surface area contributed by atoms with Crippen LogP contribution in [-0.4, -0.2) is 58.9 Å². The summed E-state index contributed by atoms with van der Waals surface area (Å²) >= 11 is 0. The molecule has 5 aromatic carbocycles. The molecule has 2 amide bonds. The number of aliphatic imine (C=N–C) groups is 1. The first-order valence-electron chi connectivity index (χ1n) is 23.3. The molecule has 0 fully saturated rings. The quantitative estimate of drug-likeness (QED) is 0.0324. The predicted molar refractivity (Wildman–Crippen MR) is 248 cm³/mol. The topological polar surface area (TPSA) is 212 Å². The van der Waals surface area contributed by atoms with Crippen molar-refractivity contribution < 1.29 is 37.9 Å². The molecule has 8 N–H and O–H groups in total. The number of aromatic amines is 1. The van der Waals surface area contributed by atoms with Crippen LogP contribution in [0.3, 0.4) is 0 Å². The number of amides is 2. The lowest BCUT2D eigenvalue weighted by molar-refractivity contribution is 0.0861. The number of guanidine groups is 1. The predicted octanol–water partition coefficient (Wildman–Crippen LogP) is 7.65. The van der Waals surface area contributed by atoms with E-state index in [4.69, 9.17) is 25.5 Å². The van der Waals surface area contributed by atoms with Crippen molar-refractivity contribution in [2.24, 2.45) is 16.5 Å². The van der Waals surface area contributed by atoms with Gasteiger partial charge in [0.2, 0.25) is 0 Å². The van der Waals surface area contributed by atoms with Gasteiger partial charge in [0.15, 0.2) is 5.96 Å². The van der Waals surface area contributed by atoms with Gasteiger partial charge in [-0.25, -0.2) is 4.57 Å². The van der Waals surface area contributed by atoms with E-state index in [0.29, 0.717) is 29.4 Å². The largest absolute Gasteiger partial charge is 0.524 e. The molecule has 8 atom stereocenters. The van der Waals surface area contributed by atoms with E-state index in [0.717, 1.165) is 53.7 Å². The number of carbonyl (C=O) groups excluding carboxylic acids is 2. The lowest BCUT2D eigenvalue weighted by atomic mass is 9.74. The van der Waals surface area contributed by atoms with Crippen molar-refractivity contribution in [3.8, 4) is 11.5 Å². The van der Waals surface area contributed by atoms with Crippen molar-refractivity contribution >= 4 is 25.6 Å². The standard InChI is InChI=1S/C53H46N5O8P/c54-53(55)58-52(60)44-10-9-43(57-44)51(59)56-11-12-64-13-14-65-49-45-39-21-41(37-19-33-29-15-27(31(33)17-35(37)39)23-5-1-3-7-25(23)29)47(45)50(66-67(61,62)63)48-42-22-40(46(48)49)36-18-32-28-16-30(34(32)20-38(36)42)26-8-4-2-6-24(26)28/h1-10,17-20,27-30,39-42,57H,11-16,21-22H2,(H,56,59)(H2,61,62,63)(H4,54,55,58,60)/t27-,28+,29+,30-,39-,40+,41+,42-. The van der Waals surface area contributed by atoms with Crippen molar-refractivity contribution in [2.75, 3.05) is 26.4 Å². The van der Waals surface area contributed by atoms with E-state index >= 15 is 0 Å². The maximum atomic E-state index is 13.2. The minimum atomic E-state index is -4.99. The second-order valence-electron chi connectivity index (χ2n) is 19.6. The molecule has 8 bridgehead atoms. The molecule has 0 spiro atoms. The second kappa shape index (κ2) is 14.0. The molecule has 0 saturated heterocycles. The van der Waals surface area contributed by atoms with Crippen LogP contribution in [0.5, 0.6) is 11.5 Å². The summed E-state index contributed by atoms with van der Waals surface area (Å²) in [4.78, 5) is 52.6. The van der Waals surface area contributed by atoms with Gasteiger partial charge in [0, 0.05) is 76.1 Å². The lowest BCUT2D eigenvalue weighted by Gasteiger charge is -2.33. The van der Waals surface area contributed by atoms with Crippen LogP contribution >= 0.6 is 7.82 Å². The molecule has 67 heavy (non-hydrogen) atoms. The number of phosphoric ester groups is 1. The van der Waals surface area contributed by atoms with Crippen molar-refractivity contribution in [3.05, 3.63) is 185 Å². The number of nitrogens with one attached hydrogen (secondary N) is 2. The summed E-state index contributed by atoms with van der Waals surface area (Å²) in [6, 6.07) is 30.3. The number of ether oxygens (including phenoxy) is 2. The summed E-state index contributed by atoms with van der Waals surface area (Å²) in [6.07, 6.45) is 3.72. The molecule has 1 aromatic heterocycles. The Morgan fingerprint density at radius 3 is 1.45 bits per heavy atom. The zero-order chi connectivity index (χ0) is 45.2. The van der Waals surface area contributed by atoms with Crippen molar-refractivity contribution in [3.63, 3.8) is 0 Å². The molecule has 0 aliphatic heterocycles. The fourth-order valence-corrected chi connectivity index (χ4v) is 14.7. The number of carbonyl (C=O) groups is 2. The fraction of sp³-hybridized carbons (Fsp3) is 0.302. The van der Waals surface area contributed by atoms with Crippen molar-refractivity contribution in [1.29, 1.82) is 0 Å². The Labute approximate surface area is 385 Å². The second-order valence-corrected chi connectivity index (χ2v) is 20.7. The van der Waals surface area contributed by atoms with Crippen LogP contribution in [0.1, 0.15) is 183 Å². The molecular formula is C53H46N5O8P. The number of H-pyrrole nitrogens is 1.